The summed E-state index contributed by atoms with van der Waals surface area (Å²) in [6, 6.07) is 7.83. The number of aromatic nitrogens is 3. The van der Waals surface area contributed by atoms with Crippen LogP contribution >= 0.6 is 0 Å². The van der Waals surface area contributed by atoms with E-state index in [1.54, 1.807) is 18.6 Å². The molecule has 0 fully saturated rings. The van der Waals surface area contributed by atoms with Crippen molar-refractivity contribution in [2.45, 2.75) is 13.0 Å². The van der Waals surface area contributed by atoms with E-state index in [2.05, 4.69) is 20.3 Å². The van der Waals surface area contributed by atoms with E-state index in [9.17, 15) is 0 Å². The fourth-order valence-corrected chi connectivity index (χ4v) is 2.12. The Morgan fingerprint density at radius 2 is 2.11 bits per heavy atom. The van der Waals surface area contributed by atoms with E-state index < -0.39 is 0 Å². The highest BCUT2D eigenvalue weighted by molar-refractivity contribution is 5.96. The van der Waals surface area contributed by atoms with Gasteiger partial charge in [0, 0.05) is 24.0 Å². The summed E-state index contributed by atoms with van der Waals surface area (Å²) in [5.74, 6) is 0.880. The van der Waals surface area contributed by atoms with Crippen molar-refractivity contribution >= 4 is 22.3 Å². The van der Waals surface area contributed by atoms with E-state index in [0.29, 0.717) is 5.69 Å². The zero-order valence-corrected chi connectivity index (χ0v) is 10.6. The zero-order valence-electron chi connectivity index (χ0n) is 10.6. The van der Waals surface area contributed by atoms with Gasteiger partial charge in [0.15, 0.2) is 0 Å². The molecular weight excluding hydrogens is 238 g/mol. The molecule has 4 N–H and O–H groups in total. The highest BCUT2D eigenvalue weighted by Gasteiger charge is 2.10. The van der Waals surface area contributed by atoms with Crippen LogP contribution in [0.2, 0.25) is 0 Å². The Kier molecular flexibility index (Phi) is 2.79. The second-order valence-corrected chi connectivity index (χ2v) is 4.44. The molecular formula is C14H15N5. The van der Waals surface area contributed by atoms with E-state index in [1.807, 2.05) is 31.2 Å². The Morgan fingerprint density at radius 3 is 2.89 bits per heavy atom. The molecule has 0 radical (unpaired) electrons. The minimum Gasteiger partial charge on any atom is -0.397 e. The van der Waals surface area contributed by atoms with E-state index in [-0.39, 0.29) is 6.04 Å². The Bertz CT molecular complexity index is 690. The smallest absolute Gasteiger partial charge is 0.128 e. The van der Waals surface area contributed by atoms with Gasteiger partial charge in [0.1, 0.15) is 5.82 Å². The number of H-pyrrole nitrogens is 1. The van der Waals surface area contributed by atoms with Gasteiger partial charge in [0.25, 0.3) is 0 Å². The van der Waals surface area contributed by atoms with Crippen LogP contribution in [0.15, 0.2) is 42.9 Å². The molecule has 2 aromatic heterocycles. The average Bonchev–Trinajstić information content (AvgIpc) is 2.96. The molecule has 1 unspecified atom stereocenters. The first-order chi connectivity index (χ1) is 9.25. The van der Waals surface area contributed by atoms with Crippen LogP contribution in [-0.2, 0) is 0 Å². The van der Waals surface area contributed by atoms with Crippen molar-refractivity contribution in [3.05, 3.63) is 48.7 Å². The number of benzene rings is 1. The Balaban J connectivity index is 1.95. The molecule has 0 aliphatic rings. The maximum absolute atomic E-state index is 6.19. The molecule has 0 saturated carbocycles. The van der Waals surface area contributed by atoms with Gasteiger partial charge >= 0.3 is 0 Å². The van der Waals surface area contributed by atoms with Crippen LogP contribution in [0, 0.1) is 0 Å². The fraction of sp³-hybridized carbons (Fsp3) is 0.143. The predicted molar refractivity (Wildman–Crippen MR) is 76.8 cm³/mol. The number of nitrogens with zero attached hydrogens (tertiary/aromatic N) is 2. The molecule has 0 aliphatic carbocycles. The minimum absolute atomic E-state index is 0.0615. The number of imidazole rings is 1. The summed E-state index contributed by atoms with van der Waals surface area (Å²) >= 11 is 0. The number of nitrogens with one attached hydrogen (secondary N) is 2. The van der Waals surface area contributed by atoms with Crippen molar-refractivity contribution in [3.8, 4) is 0 Å². The number of nitrogen functional groups attached to an aromatic ring is 1. The highest BCUT2D eigenvalue weighted by Crippen LogP contribution is 2.29. The van der Waals surface area contributed by atoms with Crippen molar-refractivity contribution in [1.29, 1.82) is 0 Å². The summed E-state index contributed by atoms with van der Waals surface area (Å²) in [6.07, 6.45) is 5.31. The van der Waals surface area contributed by atoms with E-state index >= 15 is 0 Å². The number of rotatable bonds is 3. The summed E-state index contributed by atoms with van der Waals surface area (Å²) in [6.45, 7) is 2.03. The van der Waals surface area contributed by atoms with Crippen LogP contribution in [-0.4, -0.2) is 15.0 Å². The molecule has 0 spiro atoms. The second kappa shape index (κ2) is 4.61. The molecule has 1 atom stereocenters. The SMILES string of the molecule is CC(Nc1ccc2ncccc2c1N)c1ncc[nH]1. The normalized spacial score (nSPS) is 12.5. The molecule has 3 aromatic rings. The van der Waals surface area contributed by atoms with Crippen LogP contribution in [0.5, 0.6) is 0 Å². The van der Waals surface area contributed by atoms with Gasteiger partial charge in [-0.05, 0) is 31.2 Å². The number of anilines is 2. The van der Waals surface area contributed by atoms with Gasteiger partial charge in [-0.25, -0.2) is 4.98 Å². The van der Waals surface area contributed by atoms with Gasteiger partial charge in [-0.2, -0.15) is 0 Å². The van der Waals surface area contributed by atoms with Gasteiger partial charge in [-0.1, -0.05) is 0 Å². The lowest BCUT2D eigenvalue weighted by Gasteiger charge is -2.16. The number of fused-ring (bicyclic) bond motifs is 1. The van der Waals surface area contributed by atoms with Gasteiger partial charge in [-0.15, -0.1) is 0 Å². The number of hydrogen-bond acceptors (Lipinski definition) is 4. The van der Waals surface area contributed by atoms with Crippen LogP contribution in [0.1, 0.15) is 18.8 Å². The zero-order chi connectivity index (χ0) is 13.2. The molecule has 19 heavy (non-hydrogen) atoms. The third-order valence-electron chi connectivity index (χ3n) is 3.13. The standard InChI is InChI=1S/C14H15N5/c1-9(14-17-7-8-18-14)19-12-5-4-11-10(13(12)15)3-2-6-16-11/h2-9,19H,15H2,1H3,(H,17,18). The Hall–Kier alpha value is -2.56. The molecule has 96 valence electrons. The van der Waals surface area contributed by atoms with Gasteiger partial charge in [0.05, 0.1) is 22.9 Å². The topological polar surface area (TPSA) is 79.6 Å². The lowest BCUT2D eigenvalue weighted by Crippen LogP contribution is -2.10. The third-order valence-corrected chi connectivity index (χ3v) is 3.13. The third kappa shape index (κ3) is 2.10. The molecule has 2 heterocycles. The molecule has 5 nitrogen and oxygen atoms in total. The van der Waals surface area contributed by atoms with Crippen molar-refractivity contribution in [2.24, 2.45) is 0 Å². The highest BCUT2D eigenvalue weighted by atomic mass is 15.0. The summed E-state index contributed by atoms with van der Waals surface area (Å²) in [5.41, 5.74) is 8.69. The van der Waals surface area contributed by atoms with E-state index in [0.717, 1.165) is 22.4 Å². The van der Waals surface area contributed by atoms with Gasteiger partial charge < -0.3 is 16.0 Å². The summed E-state index contributed by atoms with van der Waals surface area (Å²) in [5, 5.41) is 4.32. The summed E-state index contributed by atoms with van der Waals surface area (Å²) in [7, 11) is 0. The number of pyridine rings is 1. The largest absolute Gasteiger partial charge is 0.397 e. The Labute approximate surface area is 110 Å². The van der Waals surface area contributed by atoms with Crippen LogP contribution in [0.25, 0.3) is 10.9 Å². The van der Waals surface area contributed by atoms with Crippen molar-refractivity contribution in [2.75, 3.05) is 11.1 Å². The second-order valence-electron chi connectivity index (χ2n) is 4.44. The monoisotopic (exact) mass is 253 g/mol. The first-order valence-electron chi connectivity index (χ1n) is 6.15. The van der Waals surface area contributed by atoms with E-state index in [1.165, 1.54) is 0 Å². The first kappa shape index (κ1) is 11.5. The maximum atomic E-state index is 6.19. The van der Waals surface area contributed by atoms with Crippen molar-refractivity contribution < 1.29 is 0 Å². The minimum atomic E-state index is 0.0615. The fourth-order valence-electron chi connectivity index (χ4n) is 2.12. The van der Waals surface area contributed by atoms with Gasteiger partial charge in [0.2, 0.25) is 0 Å². The molecule has 0 bridgehead atoms. The maximum Gasteiger partial charge on any atom is 0.128 e. The van der Waals surface area contributed by atoms with Gasteiger partial charge in [-0.3, -0.25) is 4.98 Å². The van der Waals surface area contributed by atoms with Crippen molar-refractivity contribution in [3.63, 3.8) is 0 Å². The molecule has 0 amide bonds. The average molecular weight is 253 g/mol. The first-order valence-corrected chi connectivity index (χ1v) is 6.15. The quantitative estimate of drug-likeness (QED) is 0.627. The molecule has 0 aliphatic heterocycles. The molecule has 1 aromatic carbocycles. The molecule has 0 saturated heterocycles. The molecule has 5 heteroatoms. The number of nitrogens with two attached hydrogens (primary N) is 1. The lowest BCUT2D eigenvalue weighted by atomic mass is 10.1. The van der Waals surface area contributed by atoms with Crippen molar-refractivity contribution in [1.82, 2.24) is 15.0 Å². The summed E-state index contributed by atoms with van der Waals surface area (Å²) in [4.78, 5) is 11.6. The summed E-state index contributed by atoms with van der Waals surface area (Å²) < 4.78 is 0. The number of hydrogen-bond donors (Lipinski definition) is 3. The lowest BCUT2D eigenvalue weighted by molar-refractivity contribution is 0.811. The Morgan fingerprint density at radius 1 is 1.21 bits per heavy atom. The van der Waals surface area contributed by atoms with E-state index in [4.69, 9.17) is 5.73 Å². The molecule has 3 rings (SSSR count). The van der Waals surface area contributed by atoms with Crippen LogP contribution < -0.4 is 11.1 Å². The van der Waals surface area contributed by atoms with Crippen LogP contribution in [0.3, 0.4) is 0 Å². The predicted octanol–water partition coefficient (Wildman–Crippen LogP) is 2.71. The number of aromatic amines is 1. The van der Waals surface area contributed by atoms with Crippen LogP contribution in [0.4, 0.5) is 11.4 Å².